The lowest BCUT2D eigenvalue weighted by atomic mass is 9.46. The van der Waals surface area contributed by atoms with Crippen LogP contribution in [-0.2, 0) is 16.9 Å². The van der Waals surface area contributed by atoms with Gasteiger partial charge in [-0.05, 0) is 82.7 Å². The van der Waals surface area contributed by atoms with Crippen molar-refractivity contribution in [2.75, 3.05) is 0 Å². The second-order valence-corrected chi connectivity index (χ2v) is 9.98. The van der Waals surface area contributed by atoms with Gasteiger partial charge in [-0.1, -0.05) is 0 Å². The number of rotatable bonds is 5. The fourth-order valence-corrected chi connectivity index (χ4v) is 6.89. The Labute approximate surface area is 176 Å². The molecule has 7 nitrogen and oxygen atoms in total. The van der Waals surface area contributed by atoms with E-state index < -0.39 is 0 Å². The summed E-state index contributed by atoms with van der Waals surface area (Å²) < 4.78 is 3.90. The number of nitrogens with zero attached hydrogens (tertiary/aromatic N) is 5. The standard InChI is InChI=1S/C21H29ClN6O/c1-4-27-10-17(14(3)25-27)13(2)24-18(29)20-6-15-5-16(7-20)9-21(8-15,11-20)28-12-23-19(22)26-28/h10,12-13,15-16H,4-9,11H2,1-3H3,(H,24,29). The first-order chi connectivity index (χ1) is 13.8. The highest BCUT2D eigenvalue weighted by atomic mass is 35.5. The Morgan fingerprint density at radius 2 is 2.03 bits per heavy atom. The lowest BCUT2D eigenvalue weighted by Crippen LogP contribution is -2.61. The largest absolute Gasteiger partial charge is 0.349 e. The van der Waals surface area contributed by atoms with Crippen LogP contribution >= 0.6 is 11.6 Å². The molecule has 4 bridgehead atoms. The second kappa shape index (κ2) is 6.56. The van der Waals surface area contributed by atoms with Crippen molar-refractivity contribution in [3.63, 3.8) is 0 Å². The van der Waals surface area contributed by atoms with Gasteiger partial charge < -0.3 is 5.32 Å². The highest BCUT2D eigenvalue weighted by Crippen LogP contribution is 2.64. The van der Waals surface area contributed by atoms with Crippen molar-refractivity contribution in [2.24, 2.45) is 17.3 Å². The summed E-state index contributed by atoms with van der Waals surface area (Å²) in [7, 11) is 0. The molecule has 29 heavy (non-hydrogen) atoms. The molecule has 156 valence electrons. The molecule has 2 heterocycles. The fourth-order valence-electron chi connectivity index (χ4n) is 6.77. The number of aromatic nitrogens is 5. The summed E-state index contributed by atoms with van der Waals surface area (Å²) >= 11 is 6.03. The van der Waals surface area contributed by atoms with Gasteiger partial charge in [0, 0.05) is 18.3 Å². The van der Waals surface area contributed by atoms with E-state index in [-0.39, 0.29) is 28.2 Å². The highest BCUT2D eigenvalue weighted by molar-refractivity contribution is 6.28. The SMILES string of the molecule is CCn1cc(C(C)NC(=O)C23CC4CC(C2)CC(n2cnc(Cl)n2)(C4)C3)c(C)n1. The van der Waals surface area contributed by atoms with E-state index in [1.165, 1.54) is 6.42 Å². The lowest BCUT2D eigenvalue weighted by Gasteiger charge is -2.61. The van der Waals surface area contributed by atoms with E-state index in [0.29, 0.717) is 11.8 Å². The summed E-state index contributed by atoms with van der Waals surface area (Å²) in [6.45, 7) is 6.98. The molecule has 4 fully saturated rings. The number of hydrogen-bond acceptors (Lipinski definition) is 4. The average Bonchev–Trinajstić information content (AvgIpc) is 3.26. The summed E-state index contributed by atoms with van der Waals surface area (Å²) in [6.07, 6.45) is 10.0. The third kappa shape index (κ3) is 3.00. The maximum atomic E-state index is 13.6. The first kappa shape index (κ1) is 19.1. The summed E-state index contributed by atoms with van der Waals surface area (Å²) in [5.74, 6) is 1.34. The Bertz CT molecular complexity index is 935. The fraction of sp³-hybridized carbons (Fsp3) is 0.714. The molecule has 0 spiro atoms. The molecule has 3 unspecified atom stereocenters. The number of carbonyl (C=O) groups is 1. The quantitative estimate of drug-likeness (QED) is 0.807. The van der Waals surface area contributed by atoms with E-state index in [9.17, 15) is 4.79 Å². The van der Waals surface area contributed by atoms with Crippen molar-refractivity contribution in [1.82, 2.24) is 29.9 Å². The predicted octanol–water partition coefficient (Wildman–Crippen LogP) is 3.63. The molecule has 4 saturated carbocycles. The van der Waals surface area contributed by atoms with E-state index in [2.05, 4.69) is 40.5 Å². The summed E-state index contributed by atoms with van der Waals surface area (Å²) in [5.41, 5.74) is 1.65. The van der Waals surface area contributed by atoms with E-state index in [4.69, 9.17) is 11.6 Å². The van der Waals surface area contributed by atoms with Crippen LogP contribution < -0.4 is 5.32 Å². The molecule has 0 aromatic carbocycles. The van der Waals surface area contributed by atoms with Crippen LogP contribution in [0.3, 0.4) is 0 Å². The number of hydrogen-bond donors (Lipinski definition) is 1. The first-order valence-electron chi connectivity index (χ1n) is 10.7. The van der Waals surface area contributed by atoms with Crippen LogP contribution in [0.1, 0.15) is 69.7 Å². The number of amides is 1. The summed E-state index contributed by atoms with van der Waals surface area (Å²) in [4.78, 5) is 17.8. The molecule has 0 aliphatic heterocycles. The van der Waals surface area contributed by atoms with E-state index in [0.717, 1.165) is 49.9 Å². The van der Waals surface area contributed by atoms with Gasteiger partial charge in [-0.2, -0.15) is 5.10 Å². The van der Waals surface area contributed by atoms with Gasteiger partial charge in [0.2, 0.25) is 11.2 Å². The van der Waals surface area contributed by atoms with Gasteiger partial charge in [0.25, 0.3) is 0 Å². The van der Waals surface area contributed by atoms with E-state index in [1.807, 2.05) is 16.3 Å². The Kier molecular flexibility index (Phi) is 4.32. The van der Waals surface area contributed by atoms with Gasteiger partial charge in [-0.3, -0.25) is 9.48 Å². The minimum absolute atomic E-state index is 0.0485. The maximum Gasteiger partial charge on any atom is 0.242 e. The predicted molar refractivity (Wildman–Crippen MR) is 109 cm³/mol. The van der Waals surface area contributed by atoms with Crippen molar-refractivity contribution >= 4 is 17.5 Å². The molecule has 0 radical (unpaired) electrons. The zero-order valence-corrected chi connectivity index (χ0v) is 18.1. The van der Waals surface area contributed by atoms with E-state index in [1.54, 1.807) is 6.33 Å². The molecule has 8 heteroatoms. The second-order valence-electron chi connectivity index (χ2n) is 9.64. The topological polar surface area (TPSA) is 77.6 Å². The molecule has 4 aliphatic rings. The van der Waals surface area contributed by atoms with Crippen LogP contribution in [0.5, 0.6) is 0 Å². The van der Waals surface area contributed by atoms with Crippen LogP contribution in [0.15, 0.2) is 12.5 Å². The van der Waals surface area contributed by atoms with Crippen LogP contribution in [0.25, 0.3) is 0 Å². The van der Waals surface area contributed by atoms with Crippen LogP contribution in [-0.4, -0.2) is 30.5 Å². The van der Waals surface area contributed by atoms with Crippen molar-refractivity contribution in [1.29, 1.82) is 0 Å². The molecular formula is C21H29ClN6O. The van der Waals surface area contributed by atoms with Crippen molar-refractivity contribution in [3.05, 3.63) is 29.1 Å². The van der Waals surface area contributed by atoms with Gasteiger partial charge >= 0.3 is 0 Å². The molecule has 0 saturated heterocycles. The lowest BCUT2D eigenvalue weighted by molar-refractivity contribution is -0.156. The van der Waals surface area contributed by atoms with Crippen molar-refractivity contribution in [3.8, 4) is 0 Å². The van der Waals surface area contributed by atoms with Crippen LogP contribution in [0.2, 0.25) is 5.28 Å². The van der Waals surface area contributed by atoms with Gasteiger partial charge in [0.05, 0.1) is 22.7 Å². The van der Waals surface area contributed by atoms with E-state index >= 15 is 0 Å². The molecule has 3 atom stereocenters. The Morgan fingerprint density at radius 3 is 2.62 bits per heavy atom. The normalized spacial score (nSPS) is 33.8. The van der Waals surface area contributed by atoms with Crippen LogP contribution in [0.4, 0.5) is 0 Å². The number of carbonyl (C=O) groups excluding carboxylic acids is 1. The number of halogens is 1. The highest BCUT2D eigenvalue weighted by Gasteiger charge is 2.61. The Hall–Kier alpha value is -1.89. The van der Waals surface area contributed by atoms with Crippen molar-refractivity contribution < 1.29 is 4.79 Å². The first-order valence-corrected chi connectivity index (χ1v) is 11.1. The zero-order valence-electron chi connectivity index (χ0n) is 17.4. The van der Waals surface area contributed by atoms with Gasteiger partial charge in [0.15, 0.2) is 0 Å². The zero-order chi connectivity index (χ0) is 20.4. The molecule has 2 aromatic rings. The van der Waals surface area contributed by atoms with Gasteiger partial charge in [0.1, 0.15) is 6.33 Å². The molecule has 1 N–H and O–H groups in total. The van der Waals surface area contributed by atoms with Gasteiger partial charge in [-0.15, -0.1) is 5.10 Å². The Balaban J connectivity index is 1.41. The molecule has 6 rings (SSSR count). The number of nitrogens with one attached hydrogen (secondary N) is 1. The molecule has 1 amide bonds. The van der Waals surface area contributed by atoms with Crippen molar-refractivity contribution in [2.45, 2.75) is 77.4 Å². The number of aryl methyl sites for hydroxylation is 2. The minimum Gasteiger partial charge on any atom is -0.349 e. The molecule has 4 aliphatic carbocycles. The summed E-state index contributed by atoms with van der Waals surface area (Å²) in [6, 6.07) is -0.0485. The molecule has 2 aromatic heterocycles. The Morgan fingerprint density at radius 1 is 1.31 bits per heavy atom. The van der Waals surface area contributed by atoms with Crippen LogP contribution in [0, 0.1) is 24.2 Å². The third-order valence-electron chi connectivity index (χ3n) is 7.58. The summed E-state index contributed by atoms with van der Waals surface area (Å²) in [5, 5.41) is 12.6. The maximum absolute atomic E-state index is 13.6. The average molecular weight is 417 g/mol. The smallest absolute Gasteiger partial charge is 0.242 e. The minimum atomic E-state index is -0.314. The monoisotopic (exact) mass is 416 g/mol. The van der Waals surface area contributed by atoms with Gasteiger partial charge in [-0.25, -0.2) is 9.67 Å². The molecular weight excluding hydrogens is 388 g/mol. The third-order valence-corrected chi connectivity index (χ3v) is 7.76.